The molecule has 108 valence electrons. The number of nitrogens with zero attached hydrogens (tertiary/aromatic N) is 2. The molecule has 0 saturated carbocycles. The molecule has 1 aromatic rings. The molecule has 1 aliphatic rings. The Morgan fingerprint density at radius 3 is 2.95 bits per heavy atom. The Balaban J connectivity index is 2.16. The summed E-state index contributed by atoms with van der Waals surface area (Å²) in [5.74, 6) is 0.559. The molecular weight excluding hydrogens is 304 g/mol. The van der Waals surface area contributed by atoms with Crippen LogP contribution in [0.3, 0.4) is 0 Å². The second kappa shape index (κ2) is 6.43. The van der Waals surface area contributed by atoms with E-state index in [1.165, 1.54) is 12.1 Å². The molecule has 1 aromatic carbocycles. The minimum absolute atomic E-state index is 0.0669. The number of nitro groups is 1. The zero-order chi connectivity index (χ0) is 14.7. The highest BCUT2D eigenvalue weighted by Crippen LogP contribution is 2.26. The van der Waals surface area contributed by atoms with Crippen LogP contribution in [0.25, 0.3) is 0 Å². The van der Waals surface area contributed by atoms with Gasteiger partial charge in [-0.3, -0.25) is 19.8 Å². The van der Waals surface area contributed by atoms with Crippen LogP contribution in [0.15, 0.2) is 18.2 Å². The highest BCUT2D eigenvalue weighted by Gasteiger charge is 2.29. The lowest BCUT2D eigenvalue weighted by Gasteiger charge is -2.32. The number of carbonyl (C=O) groups is 1. The fraction of sp³-hybridized carbons (Fsp3) is 0.417. The van der Waals surface area contributed by atoms with E-state index in [1.54, 1.807) is 17.8 Å². The molecule has 1 N–H and O–H groups in total. The first-order valence-corrected chi connectivity index (χ1v) is 7.49. The van der Waals surface area contributed by atoms with Crippen LogP contribution in [0.2, 0.25) is 5.02 Å². The second-order valence-corrected chi connectivity index (χ2v) is 5.99. The van der Waals surface area contributed by atoms with Gasteiger partial charge in [-0.05, 0) is 11.6 Å². The smallest absolute Gasteiger partial charge is 0.321 e. The lowest BCUT2D eigenvalue weighted by molar-refractivity contribution is -0.384. The quantitative estimate of drug-likeness (QED) is 0.677. The first-order chi connectivity index (χ1) is 9.49. The monoisotopic (exact) mass is 316 g/mol. The maximum absolute atomic E-state index is 11.2. The van der Waals surface area contributed by atoms with Gasteiger partial charge in [0.25, 0.3) is 5.69 Å². The SMILES string of the molecule is O=C(O)C1CSCCN1Cc1ccc([N+](=O)[O-])cc1Cl. The lowest BCUT2D eigenvalue weighted by Crippen LogP contribution is -2.46. The van der Waals surface area contributed by atoms with Crippen molar-refractivity contribution in [2.75, 3.05) is 18.1 Å². The van der Waals surface area contributed by atoms with Crippen LogP contribution in [0.5, 0.6) is 0 Å². The van der Waals surface area contributed by atoms with Crippen molar-refractivity contribution in [3.63, 3.8) is 0 Å². The number of carboxylic acid groups (broad SMARTS) is 1. The topological polar surface area (TPSA) is 83.7 Å². The molecule has 1 saturated heterocycles. The largest absolute Gasteiger partial charge is 0.480 e. The summed E-state index contributed by atoms with van der Waals surface area (Å²) in [6.07, 6.45) is 0. The van der Waals surface area contributed by atoms with Gasteiger partial charge in [0.05, 0.1) is 9.95 Å². The van der Waals surface area contributed by atoms with E-state index in [4.69, 9.17) is 11.6 Å². The first-order valence-electron chi connectivity index (χ1n) is 5.96. The predicted molar refractivity (Wildman–Crippen MR) is 77.3 cm³/mol. The van der Waals surface area contributed by atoms with Crippen molar-refractivity contribution < 1.29 is 14.8 Å². The van der Waals surface area contributed by atoms with Crippen molar-refractivity contribution in [1.82, 2.24) is 4.90 Å². The van der Waals surface area contributed by atoms with Gasteiger partial charge >= 0.3 is 5.97 Å². The van der Waals surface area contributed by atoms with Crippen LogP contribution in [0.4, 0.5) is 5.69 Å². The molecule has 1 heterocycles. The van der Waals surface area contributed by atoms with Crippen LogP contribution in [0, 0.1) is 10.1 Å². The highest BCUT2D eigenvalue weighted by molar-refractivity contribution is 7.99. The van der Waals surface area contributed by atoms with Gasteiger partial charge < -0.3 is 5.11 Å². The molecule has 1 unspecified atom stereocenters. The van der Waals surface area contributed by atoms with E-state index < -0.39 is 16.9 Å². The Hall–Kier alpha value is -1.31. The fourth-order valence-corrected chi connectivity index (χ4v) is 3.39. The Bertz CT molecular complexity index is 540. The summed E-state index contributed by atoms with van der Waals surface area (Å²) in [5.41, 5.74) is 0.637. The van der Waals surface area contributed by atoms with Gasteiger partial charge in [0.1, 0.15) is 6.04 Å². The summed E-state index contributed by atoms with van der Waals surface area (Å²) < 4.78 is 0. The number of hydrogen-bond acceptors (Lipinski definition) is 5. The van der Waals surface area contributed by atoms with Gasteiger partial charge in [0, 0.05) is 36.7 Å². The average molecular weight is 317 g/mol. The second-order valence-electron chi connectivity index (χ2n) is 4.43. The average Bonchev–Trinajstić information content (AvgIpc) is 2.41. The molecule has 0 aliphatic carbocycles. The number of aliphatic carboxylic acids is 1. The molecule has 0 amide bonds. The number of carboxylic acids is 1. The molecule has 20 heavy (non-hydrogen) atoms. The van der Waals surface area contributed by atoms with Crippen LogP contribution >= 0.6 is 23.4 Å². The molecule has 6 nitrogen and oxygen atoms in total. The lowest BCUT2D eigenvalue weighted by atomic mass is 10.1. The molecule has 1 fully saturated rings. The molecule has 1 aliphatic heterocycles. The number of halogens is 1. The van der Waals surface area contributed by atoms with Crippen LogP contribution in [-0.2, 0) is 11.3 Å². The fourth-order valence-electron chi connectivity index (χ4n) is 2.05. The third kappa shape index (κ3) is 3.41. The Morgan fingerprint density at radius 1 is 1.60 bits per heavy atom. The standard InChI is InChI=1S/C12H13ClN2O4S/c13-10-5-9(15(18)19)2-1-8(10)6-14-3-4-20-7-11(14)12(16)17/h1-2,5,11H,3-4,6-7H2,(H,16,17). The number of non-ortho nitro benzene ring substituents is 1. The predicted octanol–water partition coefficient (Wildman–Crippen LogP) is 2.25. The van der Waals surface area contributed by atoms with Crippen LogP contribution < -0.4 is 0 Å². The molecule has 0 radical (unpaired) electrons. The van der Waals surface area contributed by atoms with E-state index in [1.807, 2.05) is 4.90 Å². The van der Waals surface area contributed by atoms with Gasteiger partial charge in [-0.15, -0.1) is 0 Å². The van der Waals surface area contributed by atoms with E-state index in [2.05, 4.69) is 0 Å². The van der Waals surface area contributed by atoms with Crippen molar-refractivity contribution in [3.05, 3.63) is 38.9 Å². The van der Waals surface area contributed by atoms with Crippen molar-refractivity contribution in [3.8, 4) is 0 Å². The zero-order valence-electron chi connectivity index (χ0n) is 10.5. The van der Waals surface area contributed by atoms with Crippen LogP contribution in [-0.4, -0.2) is 45.0 Å². The van der Waals surface area contributed by atoms with Crippen molar-refractivity contribution >= 4 is 35.0 Å². The van der Waals surface area contributed by atoms with Gasteiger partial charge in [-0.2, -0.15) is 11.8 Å². The van der Waals surface area contributed by atoms with E-state index in [9.17, 15) is 20.0 Å². The normalized spacial score (nSPS) is 19.8. The van der Waals surface area contributed by atoms with Gasteiger partial charge in [0.2, 0.25) is 0 Å². The molecule has 2 rings (SSSR count). The third-order valence-corrected chi connectivity index (χ3v) is 4.52. The molecule has 0 bridgehead atoms. The number of rotatable bonds is 4. The Morgan fingerprint density at radius 2 is 2.35 bits per heavy atom. The minimum atomic E-state index is -0.852. The molecule has 1 atom stereocenters. The molecule has 0 aromatic heterocycles. The maximum Gasteiger partial charge on any atom is 0.321 e. The number of benzene rings is 1. The van der Waals surface area contributed by atoms with E-state index in [0.717, 1.165) is 5.75 Å². The van der Waals surface area contributed by atoms with E-state index in [0.29, 0.717) is 29.4 Å². The zero-order valence-corrected chi connectivity index (χ0v) is 12.1. The summed E-state index contributed by atoms with van der Waals surface area (Å²) in [5, 5.41) is 20.1. The van der Waals surface area contributed by atoms with Crippen LogP contribution in [0.1, 0.15) is 5.56 Å². The molecule has 0 spiro atoms. The number of hydrogen-bond donors (Lipinski definition) is 1. The molecular formula is C12H13ClN2O4S. The number of nitro benzene ring substituents is 1. The third-order valence-electron chi connectivity index (χ3n) is 3.15. The van der Waals surface area contributed by atoms with Gasteiger partial charge in [-0.25, -0.2) is 0 Å². The summed E-state index contributed by atoms with van der Waals surface area (Å²) in [6.45, 7) is 1.04. The summed E-state index contributed by atoms with van der Waals surface area (Å²) in [7, 11) is 0. The van der Waals surface area contributed by atoms with Crippen molar-refractivity contribution in [2.45, 2.75) is 12.6 Å². The number of thioether (sulfide) groups is 1. The minimum Gasteiger partial charge on any atom is -0.480 e. The summed E-state index contributed by atoms with van der Waals surface area (Å²) in [6, 6.07) is 3.72. The summed E-state index contributed by atoms with van der Waals surface area (Å²) >= 11 is 7.65. The van der Waals surface area contributed by atoms with Crippen molar-refractivity contribution in [1.29, 1.82) is 0 Å². The van der Waals surface area contributed by atoms with E-state index >= 15 is 0 Å². The van der Waals surface area contributed by atoms with E-state index in [-0.39, 0.29) is 5.69 Å². The maximum atomic E-state index is 11.2. The Labute approximate surface area is 124 Å². The van der Waals surface area contributed by atoms with Gasteiger partial charge in [-0.1, -0.05) is 11.6 Å². The highest BCUT2D eigenvalue weighted by atomic mass is 35.5. The van der Waals surface area contributed by atoms with Crippen molar-refractivity contribution in [2.24, 2.45) is 0 Å². The first kappa shape index (κ1) is 15.1. The van der Waals surface area contributed by atoms with Gasteiger partial charge in [0.15, 0.2) is 0 Å². The molecule has 8 heteroatoms. The summed E-state index contributed by atoms with van der Waals surface area (Å²) in [4.78, 5) is 23.2. The Kier molecular flexibility index (Phi) is 4.85.